The number of aliphatic imine (C=N–C) groups is 1. The third-order valence-electron chi connectivity index (χ3n) is 5.38. The van der Waals surface area contributed by atoms with Crippen LogP contribution in [0.15, 0.2) is 87.1 Å². The average molecular weight is 525 g/mol. The van der Waals surface area contributed by atoms with Crippen molar-refractivity contribution >= 4 is 32.9 Å². The molecule has 3 aromatic rings. The molecule has 1 aromatic heterocycles. The van der Waals surface area contributed by atoms with Gasteiger partial charge in [-0.15, -0.1) is 0 Å². The van der Waals surface area contributed by atoms with E-state index in [-0.39, 0.29) is 24.0 Å². The van der Waals surface area contributed by atoms with E-state index < -0.39 is 5.79 Å². The number of hydrogen-bond donors (Lipinski definition) is 3. The molecule has 4 rings (SSSR count). The highest BCUT2D eigenvalue weighted by Crippen LogP contribution is 2.25. The van der Waals surface area contributed by atoms with Gasteiger partial charge in [0.15, 0.2) is 0 Å². The maximum Gasteiger partial charge on any atom is 0.258 e. The summed E-state index contributed by atoms with van der Waals surface area (Å²) in [6.45, 7) is 1.50. The van der Waals surface area contributed by atoms with Gasteiger partial charge in [0.1, 0.15) is 0 Å². The molecule has 1 aliphatic carbocycles. The minimum absolute atomic E-state index is 0.0441. The molecule has 0 atom stereocenters. The van der Waals surface area contributed by atoms with E-state index in [2.05, 4.69) is 25.9 Å². The number of H-pyrrole nitrogens is 1. The van der Waals surface area contributed by atoms with Crippen molar-refractivity contribution in [2.24, 2.45) is 10.9 Å². The molecule has 0 amide bonds. The SMILES string of the molecule is O=c1[nH]c(O)c(C=NCC2C=CC(O)(OCCOCc3ccccc3)C=C2)c2cc(Br)ccc12. The summed E-state index contributed by atoms with van der Waals surface area (Å²) in [5.74, 6) is -1.75. The normalized spacial score (nSPS) is 19.9. The molecule has 0 radical (unpaired) electrons. The number of aromatic amines is 1. The van der Waals surface area contributed by atoms with E-state index in [0.29, 0.717) is 36.1 Å². The number of aromatic nitrogens is 1. The zero-order chi connectivity index (χ0) is 24.0. The number of benzene rings is 2. The molecule has 0 aliphatic heterocycles. The average Bonchev–Trinajstić information content (AvgIpc) is 2.83. The summed E-state index contributed by atoms with van der Waals surface area (Å²) in [4.78, 5) is 19.0. The Morgan fingerprint density at radius 1 is 1.09 bits per heavy atom. The molecule has 1 aliphatic rings. The molecule has 0 unspecified atom stereocenters. The third kappa shape index (κ3) is 6.09. The molecular weight excluding hydrogens is 500 g/mol. The summed E-state index contributed by atoms with van der Waals surface area (Å²) in [6.07, 6.45) is 8.37. The van der Waals surface area contributed by atoms with Gasteiger partial charge in [0.05, 0.1) is 25.4 Å². The van der Waals surface area contributed by atoms with Crippen molar-refractivity contribution in [3.05, 3.63) is 98.8 Å². The first-order valence-electron chi connectivity index (χ1n) is 10.8. The Labute approximate surface area is 205 Å². The summed E-state index contributed by atoms with van der Waals surface area (Å²) in [5.41, 5.74) is 1.16. The Kier molecular flexibility index (Phi) is 7.74. The summed E-state index contributed by atoms with van der Waals surface area (Å²) in [5, 5.41) is 21.8. The Morgan fingerprint density at radius 3 is 2.62 bits per heavy atom. The van der Waals surface area contributed by atoms with Crippen LogP contribution in [-0.2, 0) is 16.1 Å². The van der Waals surface area contributed by atoms with E-state index in [0.717, 1.165) is 10.0 Å². The van der Waals surface area contributed by atoms with Crippen LogP contribution < -0.4 is 5.56 Å². The molecule has 1 heterocycles. The van der Waals surface area contributed by atoms with Crippen molar-refractivity contribution in [1.29, 1.82) is 0 Å². The van der Waals surface area contributed by atoms with Gasteiger partial charge in [-0.05, 0) is 35.9 Å². The van der Waals surface area contributed by atoms with E-state index in [9.17, 15) is 15.0 Å². The molecule has 8 heteroatoms. The quantitative estimate of drug-likeness (QED) is 0.169. The lowest BCUT2D eigenvalue weighted by atomic mass is 10.00. The molecule has 0 saturated carbocycles. The van der Waals surface area contributed by atoms with Crippen LogP contribution in [0.5, 0.6) is 5.88 Å². The molecule has 7 nitrogen and oxygen atoms in total. The highest BCUT2D eigenvalue weighted by molar-refractivity contribution is 9.10. The number of hydrogen-bond acceptors (Lipinski definition) is 6. The largest absolute Gasteiger partial charge is 0.494 e. The van der Waals surface area contributed by atoms with E-state index in [1.807, 2.05) is 42.5 Å². The fourth-order valence-corrected chi connectivity index (χ4v) is 3.95. The van der Waals surface area contributed by atoms with Gasteiger partial charge in [0, 0.05) is 33.9 Å². The summed E-state index contributed by atoms with van der Waals surface area (Å²) in [7, 11) is 0. The molecule has 0 fully saturated rings. The van der Waals surface area contributed by atoms with Gasteiger partial charge in [-0.3, -0.25) is 14.8 Å². The first-order valence-corrected chi connectivity index (χ1v) is 11.6. The maximum absolute atomic E-state index is 12.1. The lowest BCUT2D eigenvalue weighted by molar-refractivity contribution is -0.142. The van der Waals surface area contributed by atoms with Crippen LogP contribution in [0.25, 0.3) is 10.8 Å². The van der Waals surface area contributed by atoms with E-state index >= 15 is 0 Å². The Bertz CT molecular complexity index is 1270. The minimum atomic E-state index is -1.48. The number of rotatable bonds is 9. The molecule has 176 valence electrons. The van der Waals surface area contributed by atoms with Crippen molar-refractivity contribution in [2.45, 2.75) is 12.4 Å². The lowest BCUT2D eigenvalue weighted by Crippen LogP contribution is -2.31. The number of pyridine rings is 1. The molecule has 0 spiro atoms. The number of fused-ring (bicyclic) bond motifs is 1. The smallest absolute Gasteiger partial charge is 0.258 e. The van der Waals surface area contributed by atoms with E-state index in [4.69, 9.17) is 9.47 Å². The first kappa shape index (κ1) is 24.1. The molecule has 3 N–H and O–H groups in total. The highest BCUT2D eigenvalue weighted by Gasteiger charge is 2.24. The van der Waals surface area contributed by atoms with Crippen molar-refractivity contribution in [1.82, 2.24) is 4.98 Å². The predicted octanol–water partition coefficient (Wildman–Crippen LogP) is 4.08. The van der Waals surface area contributed by atoms with Gasteiger partial charge in [0.2, 0.25) is 11.7 Å². The van der Waals surface area contributed by atoms with Gasteiger partial charge in [-0.2, -0.15) is 0 Å². The monoisotopic (exact) mass is 524 g/mol. The van der Waals surface area contributed by atoms with Gasteiger partial charge < -0.3 is 19.7 Å². The van der Waals surface area contributed by atoms with Crippen LogP contribution in [0.2, 0.25) is 0 Å². The molecular formula is C26H25BrN2O5. The fraction of sp³-hybridized carbons (Fsp3) is 0.231. The Balaban J connectivity index is 1.29. The van der Waals surface area contributed by atoms with Gasteiger partial charge in [-0.25, -0.2) is 0 Å². The van der Waals surface area contributed by atoms with Crippen LogP contribution in [0, 0.1) is 5.92 Å². The second kappa shape index (κ2) is 10.9. The van der Waals surface area contributed by atoms with Gasteiger partial charge in [0.25, 0.3) is 5.56 Å². The second-order valence-electron chi connectivity index (χ2n) is 7.92. The van der Waals surface area contributed by atoms with E-state index in [1.165, 1.54) is 0 Å². The molecule has 0 saturated heterocycles. The summed E-state index contributed by atoms with van der Waals surface area (Å²) >= 11 is 3.39. The third-order valence-corrected chi connectivity index (χ3v) is 5.87. The van der Waals surface area contributed by atoms with Crippen molar-refractivity contribution in [3.8, 4) is 5.88 Å². The van der Waals surface area contributed by atoms with Crippen LogP contribution >= 0.6 is 15.9 Å². The topological polar surface area (TPSA) is 104 Å². The molecule has 34 heavy (non-hydrogen) atoms. The Morgan fingerprint density at radius 2 is 1.85 bits per heavy atom. The maximum atomic E-state index is 12.1. The number of aliphatic hydroxyl groups is 1. The zero-order valence-electron chi connectivity index (χ0n) is 18.4. The molecule has 2 aromatic carbocycles. The first-order chi connectivity index (χ1) is 16.4. The zero-order valence-corrected chi connectivity index (χ0v) is 19.9. The van der Waals surface area contributed by atoms with Crippen LogP contribution in [0.4, 0.5) is 0 Å². The second-order valence-corrected chi connectivity index (χ2v) is 8.84. The van der Waals surface area contributed by atoms with Crippen LogP contribution in [0.3, 0.4) is 0 Å². The minimum Gasteiger partial charge on any atom is -0.494 e. The predicted molar refractivity (Wildman–Crippen MR) is 135 cm³/mol. The van der Waals surface area contributed by atoms with Crippen molar-refractivity contribution in [3.63, 3.8) is 0 Å². The number of nitrogens with zero attached hydrogens (tertiary/aromatic N) is 1. The Hall–Kier alpha value is -3.04. The number of ether oxygens (including phenoxy) is 2. The fourth-order valence-electron chi connectivity index (χ4n) is 3.59. The summed E-state index contributed by atoms with van der Waals surface area (Å²) in [6, 6.07) is 15.1. The number of aromatic hydroxyl groups is 1. The van der Waals surface area contributed by atoms with Gasteiger partial charge in [-0.1, -0.05) is 58.4 Å². The van der Waals surface area contributed by atoms with E-state index in [1.54, 1.807) is 36.6 Å². The lowest BCUT2D eigenvalue weighted by Gasteiger charge is -2.25. The van der Waals surface area contributed by atoms with Gasteiger partial charge >= 0.3 is 0 Å². The molecule has 0 bridgehead atoms. The number of halogens is 1. The standard InChI is InChI=1S/C26H25BrN2O5/c27-20-6-7-21-22(14-20)23(25(31)29-24(21)30)16-28-15-18-8-10-26(32,11-9-18)34-13-12-33-17-19-4-2-1-3-5-19/h1-11,14,16,18,32H,12-13,15,17H2,(H2,29,30,31). The van der Waals surface area contributed by atoms with Crippen LogP contribution in [0.1, 0.15) is 11.1 Å². The summed E-state index contributed by atoms with van der Waals surface area (Å²) < 4.78 is 11.9. The number of nitrogens with one attached hydrogen (secondary N) is 1. The highest BCUT2D eigenvalue weighted by atomic mass is 79.9. The van der Waals surface area contributed by atoms with Crippen molar-refractivity contribution < 1.29 is 19.7 Å². The van der Waals surface area contributed by atoms with Crippen LogP contribution in [-0.4, -0.2) is 47.0 Å². The van der Waals surface area contributed by atoms with Crippen molar-refractivity contribution in [2.75, 3.05) is 19.8 Å².